The van der Waals surface area contributed by atoms with Crippen LogP contribution in [0.15, 0.2) is 12.3 Å². The average Bonchev–Trinajstić information content (AvgIpc) is 3.21. The first kappa shape index (κ1) is 14.8. The summed E-state index contributed by atoms with van der Waals surface area (Å²) in [5.74, 6) is 0.921. The lowest BCUT2D eigenvalue weighted by atomic mass is 10.2. The maximum Gasteiger partial charge on any atom is 0.160 e. The van der Waals surface area contributed by atoms with Crippen LogP contribution in [-0.4, -0.2) is 38.6 Å². The Morgan fingerprint density at radius 1 is 1.43 bits per heavy atom. The van der Waals surface area contributed by atoms with Crippen LogP contribution in [0.5, 0.6) is 0 Å². The summed E-state index contributed by atoms with van der Waals surface area (Å²) in [4.78, 5) is 11.7. The first-order chi connectivity index (χ1) is 9.99. The molecular weight excluding hydrogens is 284 g/mol. The van der Waals surface area contributed by atoms with Crippen molar-refractivity contribution in [3.63, 3.8) is 0 Å². The Balaban J connectivity index is 1.99. The van der Waals surface area contributed by atoms with E-state index in [4.69, 9.17) is 16.6 Å². The highest BCUT2D eigenvalue weighted by atomic mass is 35.5. The Bertz CT molecular complexity index is 645. The molecule has 3 rings (SSSR count). The van der Waals surface area contributed by atoms with Crippen molar-refractivity contribution in [1.82, 2.24) is 19.4 Å². The predicted molar refractivity (Wildman–Crippen MR) is 86.8 cm³/mol. The Labute approximate surface area is 131 Å². The molecule has 0 amide bonds. The average molecular weight is 307 g/mol. The van der Waals surface area contributed by atoms with Crippen molar-refractivity contribution in [2.24, 2.45) is 0 Å². The van der Waals surface area contributed by atoms with Gasteiger partial charge < -0.3 is 4.57 Å². The third kappa shape index (κ3) is 2.79. The van der Waals surface area contributed by atoms with Crippen LogP contribution >= 0.6 is 11.6 Å². The normalized spacial score (nSPS) is 18.4. The number of fused-ring (bicyclic) bond motifs is 1. The Morgan fingerprint density at radius 2 is 2.14 bits per heavy atom. The van der Waals surface area contributed by atoms with E-state index >= 15 is 0 Å². The Morgan fingerprint density at radius 3 is 2.76 bits per heavy atom. The summed E-state index contributed by atoms with van der Waals surface area (Å²) in [6, 6.07) is 3.20. The molecule has 2 aromatic heterocycles. The zero-order valence-electron chi connectivity index (χ0n) is 13.2. The topological polar surface area (TPSA) is 34.0 Å². The molecule has 0 saturated heterocycles. The lowest BCUT2D eigenvalue weighted by Crippen LogP contribution is -2.35. The predicted octanol–water partition coefficient (Wildman–Crippen LogP) is 3.52. The van der Waals surface area contributed by atoms with Crippen LogP contribution in [0.3, 0.4) is 0 Å². The van der Waals surface area contributed by atoms with Crippen LogP contribution in [-0.2, 0) is 6.54 Å². The standard InChI is InChI=1S/C16H23ClN4/c1-10-7-8-18-16-14(10)19-15(12(3)17)21(16)9-11(2)20(4)13-5-6-13/h7-8,11-13H,5-6,9H2,1-4H3. The zero-order valence-corrected chi connectivity index (χ0v) is 13.9. The third-order valence-electron chi connectivity index (χ3n) is 4.49. The van der Waals surface area contributed by atoms with E-state index in [1.54, 1.807) is 0 Å². The SMILES string of the molecule is Cc1ccnc2c1nc(C(C)Cl)n2CC(C)N(C)C1CC1. The van der Waals surface area contributed by atoms with Crippen LogP contribution < -0.4 is 0 Å². The molecule has 0 aliphatic heterocycles. The second kappa shape index (κ2) is 5.58. The van der Waals surface area contributed by atoms with Gasteiger partial charge >= 0.3 is 0 Å². The summed E-state index contributed by atoms with van der Waals surface area (Å²) in [6.45, 7) is 7.20. The third-order valence-corrected chi connectivity index (χ3v) is 4.68. The number of aryl methyl sites for hydroxylation is 1. The molecule has 0 N–H and O–H groups in total. The molecule has 21 heavy (non-hydrogen) atoms. The summed E-state index contributed by atoms with van der Waals surface area (Å²) in [5.41, 5.74) is 3.08. The summed E-state index contributed by atoms with van der Waals surface area (Å²) in [7, 11) is 2.21. The molecule has 0 aromatic carbocycles. The number of hydrogen-bond donors (Lipinski definition) is 0. The van der Waals surface area contributed by atoms with E-state index in [-0.39, 0.29) is 5.38 Å². The van der Waals surface area contributed by atoms with Crippen LogP contribution in [0.25, 0.3) is 11.2 Å². The lowest BCUT2D eigenvalue weighted by molar-refractivity contribution is 0.225. The van der Waals surface area contributed by atoms with Crippen LogP contribution in [0.4, 0.5) is 0 Å². The van der Waals surface area contributed by atoms with E-state index in [1.165, 1.54) is 12.8 Å². The number of nitrogens with zero attached hydrogens (tertiary/aromatic N) is 4. The largest absolute Gasteiger partial charge is 0.310 e. The van der Waals surface area contributed by atoms with Crippen molar-refractivity contribution in [3.05, 3.63) is 23.7 Å². The van der Waals surface area contributed by atoms with E-state index in [9.17, 15) is 0 Å². The van der Waals surface area contributed by atoms with Gasteiger partial charge in [-0.05, 0) is 52.3 Å². The number of imidazole rings is 1. The summed E-state index contributed by atoms with van der Waals surface area (Å²) < 4.78 is 2.20. The Kier molecular flexibility index (Phi) is 3.93. The lowest BCUT2D eigenvalue weighted by Gasteiger charge is -2.25. The molecule has 114 valence electrons. The molecule has 1 fully saturated rings. The van der Waals surface area contributed by atoms with Gasteiger partial charge in [0.25, 0.3) is 0 Å². The molecule has 1 saturated carbocycles. The second-order valence-corrected chi connectivity index (χ2v) is 6.90. The van der Waals surface area contributed by atoms with Crippen LogP contribution in [0.1, 0.15) is 43.5 Å². The molecule has 5 heteroatoms. The van der Waals surface area contributed by atoms with Crippen molar-refractivity contribution in [3.8, 4) is 0 Å². The maximum absolute atomic E-state index is 6.35. The molecule has 0 radical (unpaired) electrons. The minimum atomic E-state index is -0.114. The number of alkyl halides is 1. The molecule has 4 nitrogen and oxygen atoms in total. The monoisotopic (exact) mass is 306 g/mol. The summed E-state index contributed by atoms with van der Waals surface area (Å²) in [6.07, 6.45) is 4.50. The molecule has 1 aliphatic carbocycles. The van der Waals surface area contributed by atoms with Gasteiger partial charge in [0.2, 0.25) is 0 Å². The fourth-order valence-electron chi connectivity index (χ4n) is 2.87. The molecule has 2 atom stereocenters. The molecule has 2 aromatic rings. The number of halogens is 1. The van der Waals surface area contributed by atoms with Crippen molar-refractivity contribution < 1.29 is 0 Å². The van der Waals surface area contributed by atoms with Gasteiger partial charge in [0.1, 0.15) is 11.3 Å². The van der Waals surface area contributed by atoms with E-state index in [0.29, 0.717) is 6.04 Å². The highest BCUT2D eigenvalue weighted by Gasteiger charge is 2.30. The van der Waals surface area contributed by atoms with E-state index in [0.717, 1.165) is 35.1 Å². The molecule has 2 heterocycles. The van der Waals surface area contributed by atoms with Gasteiger partial charge in [-0.1, -0.05) is 0 Å². The number of hydrogen-bond acceptors (Lipinski definition) is 3. The van der Waals surface area contributed by atoms with Gasteiger partial charge in [0.15, 0.2) is 5.65 Å². The van der Waals surface area contributed by atoms with Crippen molar-refractivity contribution in [2.45, 2.75) is 57.6 Å². The highest BCUT2D eigenvalue weighted by Crippen LogP contribution is 2.29. The van der Waals surface area contributed by atoms with Gasteiger partial charge in [-0.2, -0.15) is 0 Å². The summed E-state index contributed by atoms with van der Waals surface area (Å²) >= 11 is 6.35. The number of aromatic nitrogens is 3. The number of likely N-dealkylation sites (N-methyl/N-ethyl adjacent to an activating group) is 1. The van der Waals surface area contributed by atoms with Crippen molar-refractivity contribution >= 4 is 22.8 Å². The highest BCUT2D eigenvalue weighted by molar-refractivity contribution is 6.20. The van der Waals surface area contributed by atoms with E-state index in [2.05, 4.69) is 35.3 Å². The van der Waals surface area contributed by atoms with Crippen molar-refractivity contribution in [1.29, 1.82) is 0 Å². The number of rotatable bonds is 5. The number of pyridine rings is 1. The molecular formula is C16H23ClN4. The quantitative estimate of drug-likeness (QED) is 0.793. The van der Waals surface area contributed by atoms with E-state index in [1.807, 2.05) is 19.2 Å². The van der Waals surface area contributed by atoms with Crippen molar-refractivity contribution in [2.75, 3.05) is 7.05 Å². The van der Waals surface area contributed by atoms with Crippen LogP contribution in [0, 0.1) is 6.92 Å². The van der Waals surface area contributed by atoms with Crippen LogP contribution in [0.2, 0.25) is 0 Å². The van der Waals surface area contributed by atoms with E-state index < -0.39 is 0 Å². The van der Waals surface area contributed by atoms with Gasteiger partial charge in [0, 0.05) is 24.8 Å². The summed E-state index contributed by atoms with van der Waals surface area (Å²) in [5, 5.41) is -0.114. The Hall–Kier alpha value is -1.13. The second-order valence-electron chi connectivity index (χ2n) is 6.24. The smallest absolute Gasteiger partial charge is 0.160 e. The van der Waals surface area contributed by atoms with Gasteiger partial charge in [0.05, 0.1) is 5.38 Å². The maximum atomic E-state index is 6.35. The fourth-order valence-corrected chi connectivity index (χ4v) is 3.04. The van der Waals surface area contributed by atoms with Gasteiger partial charge in [-0.25, -0.2) is 9.97 Å². The molecule has 1 aliphatic rings. The fraction of sp³-hybridized carbons (Fsp3) is 0.625. The first-order valence-electron chi connectivity index (χ1n) is 7.66. The minimum Gasteiger partial charge on any atom is -0.310 e. The first-order valence-corrected chi connectivity index (χ1v) is 8.10. The van der Waals surface area contributed by atoms with Gasteiger partial charge in [-0.3, -0.25) is 4.90 Å². The zero-order chi connectivity index (χ0) is 15.1. The van der Waals surface area contributed by atoms with Gasteiger partial charge in [-0.15, -0.1) is 11.6 Å². The minimum absolute atomic E-state index is 0.114. The molecule has 0 spiro atoms. The molecule has 2 unspecified atom stereocenters. The molecule has 0 bridgehead atoms.